The van der Waals surface area contributed by atoms with Crippen LogP contribution in [0.1, 0.15) is 50.0 Å². The van der Waals surface area contributed by atoms with Gasteiger partial charge in [0.2, 0.25) is 0 Å². The second-order valence-electron chi connectivity index (χ2n) is 7.34. The van der Waals surface area contributed by atoms with Gasteiger partial charge in [0.25, 0.3) is 5.91 Å². The van der Waals surface area contributed by atoms with Gasteiger partial charge in [-0.3, -0.25) is 4.79 Å². The average molecular weight is 328 g/mol. The first-order chi connectivity index (χ1) is 11.2. The number of carbonyl (C=O) groups excluding carboxylic acids is 1. The molecule has 0 aliphatic carbocycles. The normalized spacial score (nSPS) is 18.3. The van der Waals surface area contributed by atoms with E-state index in [9.17, 15) is 9.90 Å². The van der Waals surface area contributed by atoms with E-state index in [-0.39, 0.29) is 5.91 Å². The lowest BCUT2D eigenvalue weighted by Gasteiger charge is -2.20. The Hall–Kier alpha value is -1.83. The molecule has 1 aromatic carbocycles. The molecule has 0 aromatic heterocycles. The molecule has 2 N–H and O–H groups in total. The second-order valence-corrected chi connectivity index (χ2v) is 7.34. The maximum Gasteiger partial charge on any atom is 0.251 e. The molecule has 1 unspecified atom stereocenters. The molecule has 0 radical (unpaired) electrons. The minimum atomic E-state index is -1.01. The number of likely N-dealkylation sites (tertiary alicyclic amines) is 1. The molecule has 2 rings (SSSR count). The summed E-state index contributed by atoms with van der Waals surface area (Å²) < 4.78 is 0. The van der Waals surface area contributed by atoms with Gasteiger partial charge in [-0.15, -0.1) is 0 Å². The highest BCUT2D eigenvalue weighted by atomic mass is 16.3. The fourth-order valence-corrected chi connectivity index (χ4v) is 2.77. The Bertz CT molecular complexity index is 618. The van der Waals surface area contributed by atoms with E-state index in [0.717, 1.165) is 31.6 Å². The highest BCUT2D eigenvalue weighted by Gasteiger charge is 2.24. The number of rotatable bonds is 4. The zero-order valence-electron chi connectivity index (χ0n) is 15.1. The first kappa shape index (κ1) is 18.5. The van der Waals surface area contributed by atoms with E-state index in [1.54, 1.807) is 26.0 Å². The van der Waals surface area contributed by atoms with Crippen molar-refractivity contribution >= 4 is 5.91 Å². The molecule has 1 aliphatic heterocycles. The molecule has 24 heavy (non-hydrogen) atoms. The Balaban J connectivity index is 1.86. The lowest BCUT2D eigenvalue weighted by Crippen LogP contribution is -2.32. The van der Waals surface area contributed by atoms with E-state index in [4.69, 9.17) is 0 Å². The number of carbonyl (C=O) groups is 1. The average Bonchev–Trinajstić information content (AvgIpc) is 2.99. The van der Waals surface area contributed by atoms with Crippen molar-refractivity contribution in [1.29, 1.82) is 0 Å². The summed E-state index contributed by atoms with van der Waals surface area (Å²) in [6.07, 6.45) is 1.14. The fraction of sp³-hybridized carbons (Fsp3) is 0.550. The number of aliphatic hydroxyl groups is 1. The van der Waals surface area contributed by atoms with Crippen LogP contribution in [0.5, 0.6) is 0 Å². The molecule has 1 aliphatic rings. The Kier molecular flexibility index (Phi) is 6.04. The predicted molar refractivity (Wildman–Crippen MR) is 96.8 cm³/mol. The molecule has 1 aromatic rings. The molecule has 130 valence electrons. The Morgan fingerprint density at radius 3 is 2.58 bits per heavy atom. The molecule has 0 spiro atoms. The molecule has 0 bridgehead atoms. The molecule has 0 saturated carbocycles. The van der Waals surface area contributed by atoms with Crippen LogP contribution in [0.4, 0.5) is 0 Å². The van der Waals surface area contributed by atoms with Crippen LogP contribution < -0.4 is 5.32 Å². The lowest BCUT2D eigenvalue weighted by molar-refractivity contribution is 0.0947. The van der Waals surface area contributed by atoms with Gasteiger partial charge in [0, 0.05) is 30.3 Å². The largest absolute Gasteiger partial charge is 0.378 e. The molecule has 1 amide bonds. The minimum absolute atomic E-state index is 0.0417. The summed E-state index contributed by atoms with van der Waals surface area (Å²) in [4.78, 5) is 14.7. The van der Waals surface area contributed by atoms with Crippen molar-refractivity contribution in [3.8, 4) is 11.8 Å². The van der Waals surface area contributed by atoms with Gasteiger partial charge in [-0.25, -0.2) is 0 Å². The number of hydrogen-bond acceptors (Lipinski definition) is 3. The minimum Gasteiger partial charge on any atom is -0.378 e. The fourth-order valence-electron chi connectivity index (χ4n) is 2.77. The van der Waals surface area contributed by atoms with E-state index in [2.05, 4.69) is 35.9 Å². The third-order valence-corrected chi connectivity index (χ3v) is 4.26. The van der Waals surface area contributed by atoms with Gasteiger partial charge in [0.05, 0.1) is 0 Å². The summed E-state index contributed by atoms with van der Waals surface area (Å²) in [5, 5.41) is 12.6. The number of benzene rings is 1. The van der Waals surface area contributed by atoms with Crippen molar-refractivity contribution in [2.24, 2.45) is 5.92 Å². The molecule has 4 heteroatoms. The van der Waals surface area contributed by atoms with Crippen LogP contribution in [-0.4, -0.2) is 47.2 Å². The van der Waals surface area contributed by atoms with Gasteiger partial charge in [-0.2, -0.15) is 0 Å². The standard InChI is InChI=1S/C20H28N2O2/c1-15(2)22-12-10-17(14-22)13-21-19(23)18-7-5-16(6-8-18)9-11-20(3,4)24/h5-8,15,17,24H,10,12-14H2,1-4H3,(H,21,23). The third-order valence-electron chi connectivity index (χ3n) is 4.26. The topological polar surface area (TPSA) is 52.6 Å². The summed E-state index contributed by atoms with van der Waals surface area (Å²) in [6.45, 7) is 10.6. The van der Waals surface area contributed by atoms with Crippen molar-refractivity contribution in [1.82, 2.24) is 10.2 Å². The highest BCUT2D eigenvalue weighted by molar-refractivity contribution is 5.94. The third kappa shape index (κ3) is 5.67. The quantitative estimate of drug-likeness (QED) is 0.834. The smallest absolute Gasteiger partial charge is 0.251 e. The Morgan fingerprint density at radius 2 is 2.04 bits per heavy atom. The number of amides is 1. The first-order valence-corrected chi connectivity index (χ1v) is 8.62. The molecular formula is C20H28N2O2. The summed E-state index contributed by atoms with van der Waals surface area (Å²) in [5.74, 6) is 6.16. The van der Waals surface area contributed by atoms with Gasteiger partial charge in [0.15, 0.2) is 0 Å². The number of hydrogen-bond donors (Lipinski definition) is 2. The van der Waals surface area contributed by atoms with Crippen LogP contribution in [0.25, 0.3) is 0 Å². The van der Waals surface area contributed by atoms with Gasteiger partial charge in [0.1, 0.15) is 5.60 Å². The van der Waals surface area contributed by atoms with Gasteiger partial charge < -0.3 is 15.3 Å². The maximum atomic E-state index is 12.2. The summed E-state index contributed by atoms with van der Waals surface area (Å²) in [6, 6.07) is 7.74. The zero-order valence-corrected chi connectivity index (χ0v) is 15.1. The zero-order chi connectivity index (χ0) is 17.7. The Morgan fingerprint density at radius 1 is 1.38 bits per heavy atom. The van der Waals surface area contributed by atoms with Gasteiger partial charge >= 0.3 is 0 Å². The number of nitrogens with zero attached hydrogens (tertiary/aromatic N) is 1. The van der Waals surface area contributed by atoms with Crippen LogP contribution in [-0.2, 0) is 0 Å². The van der Waals surface area contributed by atoms with E-state index < -0.39 is 5.60 Å². The van der Waals surface area contributed by atoms with Crippen molar-refractivity contribution in [3.63, 3.8) is 0 Å². The van der Waals surface area contributed by atoms with E-state index in [0.29, 0.717) is 17.5 Å². The molecule has 1 atom stereocenters. The van der Waals surface area contributed by atoms with Crippen LogP contribution in [0.15, 0.2) is 24.3 Å². The summed E-state index contributed by atoms with van der Waals surface area (Å²) >= 11 is 0. The molecule has 1 saturated heterocycles. The lowest BCUT2D eigenvalue weighted by atomic mass is 10.1. The monoisotopic (exact) mass is 328 g/mol. The predicted octanol–water partition coefficient (Wildman–Crippen LogP) is 2.27. The van der Waals surface area contributed by atoms with E-state index >= 15 is 0 Å². The van der Waals surface area contributed by atoms with Crippen molar-refractivity contribution in [3.05, 3.63) is 35.4 Å². The van der Waals surface area contributed by atoms with Crippen LogP contribution in [0.3, 0.4) is 0 Å². The summed E-state index contributed by atoms with van der Waals surface area (Å²) in [7, 11) is 0. The van der Waals surface area contributed by atoms with Gasteiger partial charge in [-0.05, 0) is 70.8 Å². The van der Waals surface area contributed by atoms with Crippen LogP contribution in [0.2, 0.25) is 0 Å². The van der Waals surface area contributed by atoms with Crippen molar-refractivity contribution in [2.45, 2.75) is 45.8 Å². The molecule has 1 fully saturated rings. The molecule has 4 nitrogen and oxygen atoms in total. The number of nitrogens with one attached hydrogen (secondary N) is 1. The second kappa shape index (κ2) is 7.83. The maximum absolute atomic E-state index is 12.2. The summed E-state index contributed by atoms with van der Waals surface area (Å²) in [5.41, 5.74) is 0.417. The van der Waals surface area contributed by atoms with E-state index in [1.165, 1.54) is 0 Å². The highest BCUT2D eigenvalue weighted by Crippen LogP contribution is 2.17. The Labute approximate surface area is 145 Å². The van der Waals surface area contributed by atoms with Crippen LogP contribution >= 0.6 is 0 Å². The van der Waals surface area contributed by atoms with Crippen LogP contribution in [0, 0.1) is 17.8 Å². The molecule has 1 heterocycles. The van der Waals surface area contributed by atoms with Crippen molar-refractivity contribution in [2.75, 3.05) is 19.6 Å². The van der Waals surface area contributed by atoms with E-state index in [1.807, 2.05) is 12.1 Å². The SMILES string of the molecule is CC(C)N1CCC(CNC(=O)c2ccc(C#CC(C)(C)O)cc2)C1. The first-order valence-electron chi connectivity index (χ1n) is 8.62. The molecular weight excluding hydrogens is 300 g/mol. The van der Waals surface area contributed by atoms with Gasteiger partial charge in [-0.1, -0.05) is 11.8 Å². The van der Waals surface area contributed by atoms with Crippen molar-refractivity contribution < 1.29 is 9.90 Å².